The number of anilines is 1. The number of benzene rings is 3. The third kappa shape index (κ3) is 7.06. The molecule has 0 bridgehead atoms. The fraction of sp³-hybridized carbons (Fsp3) is 0.269. The SMILES string of the molecule is O=C(CN(c1cccc(Cl)c1Cl)S(=O)(=O)c1ccccc1)NCCOc1ccc(S(=O)(=O)N2CCOCC2)cc1. The van der Waals surface area contributed by atoms with E-state index in [0.717, 1.165) is 4.31 Å². The molecule has 10 nitrogen and oxygen atoms in total. The summed E-state index contributed by atoms with van der Waals surface area (Å²) in [4.78, 5) is 12.9. The maximum Gasteiger partial charge on any atom is 0.264 e. The molecule has 0 saturated carbocycles. The number of rotatable bonds is 11. The first-order valence-electron chi connectivity index (χ1n) is 12.2. The molecular formula is C26H27Cl2N3O7S2. The van der Waals surface area contributed by atoms with Crippen molar-refractivity contribution < 1.29 is 31.1 Å². The lowest BCUT2D eigenvalue weighted by atomic mass is 10.3. The Morgan fingerprint density at radius 3 is 2.25 bits per heavy atom. The van der Waals surface area contributed by atoms with Crippen molar-refractivity contribution in [3.8, 4) is 5.75 Å². The van der Waals surface area contributed by atoms with Gasteiger partial charge in [0.25, 0.3) is 10.0 Å². The van der Waals surface area contributed by atoms with Crippen molar-refractivity contribution in [2.24, 2.45) is 0 Å². The zero-order valence-electron chi connectivity index (χ0n) is 21.2. The van der Waals surface area contributed by atoms with E-state index in [9.17, 15) is 21.6 Å². The van der Waals surface area contributed by atoms with Gasteiger partial charge in [0, 0.05) is 13.1 Å². The maximum absolute atomic E-state index is 13.4. The molecule has 0 radical (unpaired) electrons. The summed E-state index contributed by atoms with van der Waals surface area (Å²) in [6.45, 7) is 0.884. The number of sulfonamides is 2. The molecule has 3 aromatic rings. The van der Waals surface area contributed by atoms with Crippen molar-refractivity contribution in [2.45, 2.75) is 9.79 Å². The summed E-state index contributed by atoms with van der Waals surface area (Å²) in [6, 6.07) is 18.2. The Hall–Kier alpha value is -2.87. The molecule has 0 aromatic heterocycles. The molecule has 0 aliphatic carbocycles. The average molecular weight is 629 g/mol. The number of halogens is 2. The Bertz CT molecular complexity index is 1530. The molecule has 14 heteroatoms. The zero-order valence-corrected chi connectivity index (χ0v) is 24.3. The van der Waals surface area contributed by atoms with E-state index in [1.54, 1.807) is 24.3 Å². The van der Waals surface area contributed by atoms with Crippen LogP contribution in [0.3, 0.4) is 0 Å². The number of amides is 1. The third-order valence-electron chi connectivity index (χ3n) is 5.94. The topological polar surface area (TPSA) is 122 Å². The van der Waals surface area contributed by atoms with Gasteiger partial charge in [0.2, 0.25) is 15.9 Å². The van der Waals surface area contributed by atoms with Crippen LogP contribution in [0.2, 0.25) is 10.0 Å². The molecule has 1 amide bonds. The summed E-state index contributed by atoms with van der Waals surface area (Å²) in [5.41, 5.74) is 0.0662. The second-order valence-electron chi connectivity index (χ2n) is 8.58. The molecule has 3 aromatic carbocycles. The highest BCUT2D eigenvalue weighted by Crippen LogP contribution is 2.35. The van der Waals surface area contributed by atoms with Gasteiger partial charge in [-0.2, -0.15) is 4.31 Å². The molecule has 1 saturated heterocycles. The molecule has 1 aliphatic rings. The Labute approximate surface area is 243 Å². The van der Waals surface area contributed by atoms with Crippen LogP contribution >= 0.6 is 23.2 Å². The van der Waals surface area contributed by atoms with Crippen LogP contribution < -0.4 is 14.4 Å². The standard InChI is InChI=1S/C26H27Cl2N3O7S2/c27-23-7-4-8-24(26(23)28)31(40(35,36)21-5-2-1-3-6-21)19-25(32)29-13-16-38-20-9-11-22(12-10-20)39(33,34)30-14-17-37-18-15-30/h1-12H,13-19H2,(H,29,32). The lowest BCUT2D eigenvalue weighted by Gasteiger charge is -2.26. The highest BCUT2D eigenvalue weighted by atomic mass is 35.5. The van der Waals surface area contributed by atoms with Crippen LogP contribution in [0.15, 0.2) is 82.6 Å². The molecule has 1 heterocycles. The van der Waals surface area contributed by atoms with Crippen molar-refractivity contribution in [1.82, 2.24) is 9.62 Å². The third-order valence-corrected chi connectivity index (χ3v) is 10.4. The van der Waals surface area contributed by atoms with E-state index in [-0.39, 0.29) is 38.7 Å². The zero-order chi connectivity index (χ0) is 28.8. The maximum atomic E-state index is 13.4. The fourth-order valence-electron chi connectivity index (χ4n) is 3.89. The molecule has 1 N–H and O–H groups in total. The largest absolute Gasteiger partial charge is 0.492 e. The van der Waals surface area contributed by atoms with Crippen molar-refractivity contribution in [3.63, 3.8) is 0 Å². The lowest BCUT2D eigenvalue weighted by molar-refractivity contribution is -0.119. The van der Waals surface area contributed by atoms with E-state index in [1.165, 1.54) is 52.8 Å². The number of morpholine rings is 1. The normalized spacial score (nSPS) is 14.4. The Morgan fingerprint density at radius 1 is 0.900 bits per heavy atom. The summed E-state index contributed by atoms with van der Waals surface area (Å²) < 4.78 is 65.4. The van der Waals surface area contributed by atoms with Gasteiger partial charge in [-0.25, -0.2) is 16.8 Å². The second-order valence-corrected chi connectivity index (χ2v) is 13.2. The van der Waals surface area contributed by atoms with E-state index in [1.807, 2.05) is 0 Å². The van der Waals surface area contributed by atoms with Crippen LogP contribution in [-0.4, -0.2) is 73.0 Å². The average Bonchev–Trinajstić information content (AvgIpc) is 2.97. The first-order chi connectivity index (χ1) is 19.1. The second kappa shape index (κ2) is 13.2. The summed E-state index contributed by atoms with van der Waals surface area (Å²) in [6.07, 6.45) is 0. The number of carbonyl (C=O) groups is 1. The minimum absolute atomic E-state index is 0.00103. The van der Waals surface area contributed by atoms with Crippen LogP contribution in [0.25, 0.3) is 0 Å². The van der Waals surface area contributed by atoms with Crippen LogP contribution in [0.4, 0.5) is 5.69 Å². The van der Waals surface area contributed by atoms with Gasteiger partial charge in [0.05, 0.1) is 45.3 Å². The van der Waals surface area contributed by atoms with Gasteiger partial charge in [-0.1, -0.05) is 47.5 Å². The van der Waals surface area contributed by atoms with Gasteiger partial charge in [-0.3, -0.25) is 9.10 Å². The highest BCUT2D eigenvalue weighted by Gasteiger charge is 2.29. The summed E-state index contributed by atoms with van der Waals surface area (Å²) in [5, 5.41) is 2.77. The number of carbonyl (C=O) groups excluding carboxylic acids is 1. The van der Waals surface area contributed by atoms with Crippen LogP contribution in [0.5, 0.6) is 5.75 Å². The van der Waals surface area contributed by atoms with Gasteiger partial charge in [-0.05, 0) is 48.5 Å². The quantitative estimate of drug-likeness (QED) is 0.323. The molecule has 1 aliphatic heterocycles. The van der Waals surface area contributed by atoms with E-state index in [0.29, 0.717) is 32.1 Å². The van der Waals surface area contributed by atoms with Gasteiger partial charge >= 0.3 is 0 Å². The minimum atomic E-state index is -4.15. The molecule has 1 fully saturated rings. The number of nitrogens with one attached hydrogen (secondary N) is 1. The minimum Gasteiger partial charge on any atom is -0.492 e. The monoisotopic (exact) mass is 627 g/mol. The van der Waals surface area contributed by atoms with Crippen molar-refractivity contribution >= 4 is 54.8 Å². The predicted octanol–water partition coefficient (Wildman–Crippen LogP) is 3.40. The van der Waals surface area contributed by atoms with E-state index in [2.05, 4.69) is 5.32 Å². The number of ether oxygens (including phenoxy) is 2. The molecule has 0 atom stereocenters. The lowest BCUT2D eigenvalue weighted by Crippen LogP contribution is -2.42. The van der Waals surface area contributed by atoms with Crippen LogP contribution in [0, 0.1) is 0 Å². The Balaban J connectivity index is 1.37. The Kier molecular flexibility index (Phi) is 9.93. The molecule has 0 unspecified atom stereocenters. The molecule has 40 heavy (non-hydrogen) atoms. The van der Waals surface area contributed by atoms with Gasteiger partial charge in [-0.15, -0.1) is 0 Å². The summed E-state index contributed by atoms with van der Waals surface area (Å²) in [7, 11) is -7.77. The van der Waals surface area contributed by atoms with Crippen LogP contribution in [0.1, 0.15) is 0 Å². The van der Waals surface area contributed by atoms with E-state index >= 15 is 0 Å². The predicted molar refractivity (Wildman–Crippen MR) is 152 cm³/mol. The van der Waals surface area contributed by atoms with Crippen LogP contribution in [-0.2, 0) is 29.6 Å². The van der Waals surface area contributed by atoms with Crippen molar-refractivity contribution in [2.75, 3.05) is 50.3 Å². The van der Waals surface area contributed by atoms with Crippen molar-refractivity contribution in [3.05, 3.63) is 82.8 Å². The first-order valence-corrected chi connectivity index (χ1v) is 15.8. The molecule has 0 spiro atoms. The summed E-state index contributed by atoms with van der Waals surface area (Å²) in [5.74, 6) is -0.180. The number of hydrogen-bond donors (Lipinski definition) is 1. The molecule has 214 valence electrons. The summed E-state index contributed by atoms with van der Waals surface area (Å²) >= 11 is 12.4. The fourth-order valence-corrected chi connectivity index (χ4v) is 7.20. The van der Waals surface area contributed by atoms with E-state index in [4.69, 9.17) is 32.7 Å². The highest BCUT2D eigenvalue weighted by molar-refractivity contribution is 7.93. The van der Waals surface area contributed by atoms with E-state index < -0.39 is 32.5 Å². The van der Waals surface area contributed by atoms with Gasteiger partial charge in [0.1, 0.15) is 18.9 Å². The number of hydrogen-bond acceptors (Lipinski definition) is 7. The first kappa shape index (κ1) is 30.1. The van der Waals surface area contributed by atoms with Crippen molar-refractivity contribution in [1.29, 1.82) is 0 Å². The van der Waals surface area contributed by atoms with Gasteiger partial charge < -0.3 is 14.8 Å². The Morgan fingerprint density at radius 2 is 1.57 bits per heavy atom. The molecule has 4 rings (SSSR count). The smallest absolute Gasteiger partial charge is 0.264 e. The molecular weight excluding hydrogens is 601 g/mol. The van der Waals surface area contributed by atoms with Gasteiger partial charge in [0.15, 0.2) is 0 Å². The number of nitrogens with zero attached hydrogens (tertiary/aromatic N) is 2.